The van der Waals surface area contributed by atoms with Gasteiger partial charge in [0, 0.05) is 41.7 Å². The first-order valence-corrected chi connectivity index (χ1v) is 12.0. The summed E-state index contributed by atoms with van der Waals surface area (Å²) in [4.78, 5) is 42.1. The number of rotatable bonds is 9. The molecule has 1 unspecified atom stereocenters. The normalized spacial score (nSPS) is 16.0. The van der Waals surface area contributed by atoms with E-state index in [9.17, 15) is 14.4 Å². The molecule has 1 aliphatic heterocycles. The maximum absolute atomic E-state index is 13.2. The van der Waals surface area contributed by atoms with Crippen molar-refractivity contribution in [2.75, 3.05) is 33.8 Å². The summed E-state index contributed by atoms with van der Waals surface area (Å²) in [7, 11) is 3.90. The predicted octanol–water partition coefficient (Wildman–Crippen LogP) is 3.98. The van der Waals surface area contributed by atoms with Crippen LogP contribution in [0.4, 0.5) is 0 Å². The second kappa shape index (κ2) is 12.0. The van der Waals surface area contributed by atoms with Crippen molar-refractivity contribution in [2.24, 2.45) is 0 Å². The molecule has 186 valence electrons. The van der Waals surface area contributed by atoms with Gasteiger partial charge in [0.05, 0.1) is 18.7 Å². The average molecular weight is 498 g/mol. The van der Waals surface area contributed by atoms with Crippen molar-refractivity contribution in [3.8, 4) is 0 Å². The van der Waals surface area contributed by atoms with Crippen LogP contribution < -0.4 is 5.32 Å². The molecule has 3 rings (SSSR count). The summed E-state index contributed by atoms with van der Waals surface area (Å²) >= 11 is 6.03. The molecule has 1 atom stereocenters. The van der Waals surface area contributed by atoms with Crippen LogP contribution >= 0.6 is 11.6 Å². The number of carbonyl (C=O) groups is 3. The number of allylic oxidation sites excluding steroid dienone is 1. The average Bonchev–Trinajstić information content (AvgIpc) is 2.82. The maximum Gasteiger partial charge on any atom is 0.336 e. The molecule has 0 spiro atoms. The molecule has 0 fully saturated rings. The second-order valence-corrected chi connectivity index (χ2v) is 9.20. The van der Waals surface area contributed by atoms with Crippen molar-refractivity contribution in [3.05, 3.63) is 81.5 Å². The van der Waals surface area contributed by atoms with Crippen LogP contribution in [0.25, 0.3) is 0 Å². The molecule has 1 heterocycles. The van der Waals surface area contributed by atoms with Crippen LogP contribution in [0.3, 0.4) is 0 Å². The van der Waals surface area contributed by atoms with Gasteiger partial charge in [0.1, 0.15) is 0 Å². The van der Waals surface area contributed by atoms with Gasteiger partial charge in [-0.15, -0.1) is 0 Å². The molecule has 2 aromatic carbocycles. The Morgan fingerprint density at radius 2 is 1.77 bits per heavy atom. The highest BCUT2D eigenvalue weighted by Crippen LogP contribution is 2.38. The molecular weight excluding hydrogens is 466 g/mol. The minimum atomic E-state index is -0.424. The number of halogens is 1. The Kier molecular flexibility index (Phi) is 9.07. The summed E-state index contributed by atoms with van der Waals surface area (Å²) in [5.74, 6) is -1.05. The molecule has 1 N–H and O–H groups in total. The van der Waals surface area contributed by atoms with Crippen molar-refractivity contribution < 1.29 is 19.1 Å². The molecule has 2 aromatic rings. The lowest BCUT2D eigenvalue weighted by atomic mass is 9.83. The Bertz CT molecular complexity index is 1090. The fraction of sp³-hybridized carbons (Fsp3) is 0.370. The van der Waals surface area contributed by atoms with E-state index in [1.807, 2.05) is 43.3 Å². The lowest BCUT2D eigenvalue weighted by Gasteiger charge is -2.34. The van der Waals surface area contributed by atoms with Gasteiger partial charge in [0.25, 0.3) is 5.91 Å². The first-order chi connectivity index (χ1) is 16.7. The number of esters is 1. The van der Waals surface area contributed by atoms with E-state index in [-0.39, 0.29) is 24.8 Å². The first kappa shape index (κ1) is 26.4. The molecule has 0 saturated heterocycles. The molecule has 0 aromatic heterocycles. The molecule has 0 saturated carbocycles. The summed E-state index contributed by atoms with van der Waals surface area (Å²) in [5, 5.41) is 3.48. The minimum Gasteiger partial charge on any atom is -0.463 e. The standard InChI is InChI=1S/C27H32ClN3O4/c1-5-35-27(34)25-18(2)31(24(32)16-23(25)20-10-12-22(28)13-11-20)17-19-6-8-21(9-7-19)26(33)29-14-15-30(3)4/h6-13,23H,5,14-17H2,1-4H3,(H,29,33). The lowest BCUT2D eigenvalue weighted by molar-refractivity contribution is -0.140. The molecule has 7 nitrogen and oxygen atoms in total. The predicted molar refractivity (Wildman–Crippen MR) is 136 cm³/mol. The summed E-state index contributed by atoms with van der Waals surface area (Å²) in [6, 6.07) is 14.3. The number of amides is 2. The fourth-order valence-corrected chi connectivity index (χ4v) is 4.22. The van der Waals surface area contributed by atoms with Gasteiger partial charge in [-0.2, -0.15) is 0 Å². The van der Waals surface area contributed by atoms with Gasteiger partial charge >= 0.3 is 5.97 Å². The Hall–Kier alpha value is -3.16. The maximum atomic E-state index is 13.2. The van der Waals surface area contributed by atoms with Gasteiger partial charge in [0.2, 0.25) is 5.91 Å². The van der Waals surface area contributed by atoms with Crippen LogP contribution in [0.15, 0.2) is 59.8 Å². The summed E-state index contributed by atoms with van der Waals surface area (Å²) < 4.78 is 5.34. The minimum absolute atomic E-state index is 0.0824. The van der Waals surface area contributed by atoms with E-state index in [1.165, 1.54) is 0 Å². The van der Waals surface area contributed by atoms with Crippen LogP contribution in [0, 0.1) is 0 Å². The van der Waals surface area contributed by atoms with E-state index < -0.39 is 11.9 Å². The third-order valence-electron chi connectivity index (χ3n) is 5.99. The highest BCUT2D eigenvalue weighted by Gasteiger charge is 2.36. The molecule has 0 aliphatic carbocycles. The van der Waals surface area contributed by atoms with Gasteiger partial charge in [0.15, 0.2) is 0 Å². The van der Waals surface area contributed by atoms with E-state index in [1.54, 1.807) is 43.0 Å². The largest absolute Gasteiger partial charge is 0.463 e. The van der Waals surface area contributed by atoms with Crippen molar-refractivity contribution in [2.45, 2.75) is 32.7 Å². The van der Waals surface area contributed by atoms with E-state index in [2.05, 4.69) is 5.32 Å². The topological polar surface area (TPSA) is 79.0 Å². The van der Waals surface area contributed by atoms with E-state index in [0.717, 1.165) is 17.7 Å². The van der Waals surface area contributed by atoms with Gasteiger partial charge < -0.3 is 19.9 Å². The summed E-state index contributed by atoms with van der Waals surface area (Å²) in [6.45, 7) is 5.39. The molecule has 0 radical (unpaired) electrons. The van der Waals surface area contributed by atoms with Crippen LogP contribution in [-0.2, 0) is 20.9 Å². The first-order valence-electron chi connectivity index (χ1n) is 11.7. The van der Waals surface area contributed by atoms with Crippen LogP contribution in [0.5, 0.6) is 0 Å². The van der Waals surface area contributed by atoms with Gasteiger partial charge in [-0.1, -0.05) is 35.9 Å². The zero-order valence-electron chi connectivity index (χ0n) is 20.6. The zero-order valence-corrected chi connectivity index (χ0v) is 21.4. The molecule has 1 aliphatic rings. The number of likely N-dealkylation sites (N-methyl/N-ethyl adjacent to an activating group) is 1. The fourth-order valence-electron chi connectivity index (χ4n) is 4.10. The highest BCUT2D eigenvalue weighted by molar-refractivity contribution is 6.30. The number of nitrogens with one attached hydrogen (secondary N) is 1. The van der Waals surface area contributed by atoms with Crippen LogP contribution in [0.2, 0.25) is 5.02 Å². The Morgan fingerprint density at radius 3 is 2.37 bits per heavy atom. The van der Waals surface area contributed by atoms with E-state index >= 15 is 0 Å². The Labute approximate surface area is 211 Å². The van der Waals surface area contributed by atoms with E-state index in [0.29, 0.717) is 34.9 Å². The second-order valence-electron chi connectivity index (χ2n) is 8.76. The lowest BCUT2D eigenvalue weighted by Crippen LogP contribution is -2.38. The number of hydrogen-bond donors (Lipinski definition) is 1. The van der Waals surface area contributed by atoms with Crippen molar-refractivity contribution in [3.63, 3.8) is 0 Å². The van der Waals surface area contributed by atoms with Gasteiger partial charge in [-0.3, -0.25) is 9.59 Å². The monoisotopic (exact) mass is 497 g/mol. The third kappa shape index (κ3) is 6.71. The smallest absolute Gasteiger partial charge is 0.336 e. The molecule has 35 heavy (non-hydrogen) atoms. The van der Waals surface area contributed by atoms with Crippen LogP contribution in [-0.4, -0.2) is 61.4 Å². The zero-order chi connectivity index (χ0) is 25.5. The summed E-state index contributed by atoms with van der Waals surface area (Å²) in [5.41, 5.74) is 3.31. The highest BCUT2D eigenvalue weighted by atomic mass is 35.5. The molecule has 2 amide bonds. The van der Waals surface area contributed by atoms with Crippen LogP contribution in [0.1, 0.15) is 47.7 Å². The van der Waals surface area contributed by atoms with Crippen molar-refractivity contribution in [1.29, 1.82) is 0 Å². The van der Waals surface area contributed by atoms with Gasteiger partial charge in [-0.25, -0.2) is 4.79 Å². The van der Waals surface area contributed by atoms with Crippen molar-refractivity contribution >= 4 is 29.4 Å². The quantitative estimate of drug-likeness (QED) is 0.530. The molecule has 0 bridgehead atoms. The Morgan fingerprint density at radius 1 is 1.11 bits per heavy atom. The Balaban J connectivity index is 1.82. The molecule has 8 heteroatoms. The number of nitrogens with zero attached hydrogens (tertiary/aromatic N) is 2. The van der Waals surface area contributed by atoms with E-state index in [4.69, 9.17) is 16.3 Å². The number of carbonyl (C=O) groups excluding carboxylic acids is 3. The molecular formula is C27H32ClN3O4. The number of hydrogen-bond acceptors (Lipinski definition) is 5. The SMILES string of the molecule is CCOC(=O)C1=C(C)N(Cc2ccc(C(=O)NCCN(C)C)cc2)C(=O)CC1c1ccc(Cl)cc1. The summed E-state index contributed by atoms with van der Waals surface area (Å²) in [6.07, 6.45) is 0.152. The van der Waals surface area contributed by atoms with Gasteiger partial charge in [-0.05, 0) is 63.3 Å². The number of benzene rings is 2. The third-order valence-corrected chi connectivity index (χ3v) is 6.24. The van der Waals surface area contributed by atoms with Crippen molar-refractivity contribution in [1.82, 2.24) is 15.1 Å². The number of ether oxygens (including phenoxy) is 1.